The van der Waals surface area contributed by atoms with Crippen LogP contribution in [0.4, 0.5) is 10.1 Å². The summed E-state index contributed by atoms with van der Waals surface area (Å²) in [5, 5.41) is 13.1. The lowest BCUT2D eigenvalue weighted by Gasteiger charge is -2.70. The Labute approximate surface area is 201 Å². The zero-order chi connectivity index (χ0) is 23.6. The Kier molecular flexibility index (Phi) is 6.84. The lowest BCUT2D eigenvalue weighted by Crippen LogP contribution is -2.75. The molecule has 0 saturated heterocycles. The molecule has 0 aromatic heterocycles. The van der Waals surface area contributed by atoms with Gasteiger partial charge in [0.05, 0.1) is 18.2 Å². The molecule has 2 bridgehead atoms. The third-order valence-electron chi connectivity index (χ3n) is 6.30. The van der Waals surface area contributed by atoms with Crippen molar-refractivity contribution in [2.24, 2.45) is 5.41 Å². The quantitative estimate of drug-likeness (QED) is 0.493. The molecule has 176 valence electrons. The van der Waals surface area contributed by atoms with Gasteiger partial charge in [-0.15, -0.1) is 0 Å². The number of ketones is 1. The zero-order valence-corrected chi connectivity index (χ0v) is 19.5. The highest BCUT2D eigenvalue weighted by molar-refractivity contribution is 6.31. The van der Waals surface area contributed by atoms with Gasteiger partial charge < -0.3 is 20.1 Å². The summed E-state index contributed by atoms with van der Waals surface area (Å²) in [5.41, 5.74) is 0.478. The van der Waals surface area contributed by atoms with Crippen LogP contribution in [-0.4, -0.2) is 48.6 Å². The van der Waals surface area contributed by atoms with Crippen molar-refractivity contribution in [2.45, 2.75) is 31.2 Å². The number of nitrogens with zero attached hydrogens (tertiary/aromatic N) is 1. The van der Waals surface area contributed by atoms with Gasteiger partial charge in [0.2, 0.25) is 5.91 Å². The first-order valence-corrected chi connectivity index (χ1v) is 11.5. The van der Waals surface area contributed by atoms with Crippen molar-refractivity contribution < 1.29 is 23.8 Å². The number of benzene rings is 2. The van der Waals surface area contributed by atoms with E-state index in [1.807, 2.05) is 12.1 Å². The summed E-state index contributed by atoms with van der Waals surface area (Å²) >= 11 is 11.6. The molecule has 33 heavy (non-hydrogen) atoms. The average molecular weight is 495 g/mol. The van der Waals surface area contributed by atoms with Gasteiger partial charge >= 0.3 is 0 Å². The summed E-state index contributed by atoms with van der Waals surface area (Å²) < 4.78 is 18.9. The first-order chi connectivity index (χ1) is 15.7. The molecule has 6 nitrogen and oxygen atoms in total. The van der Waals surface area contributed by atoms with Crippen LogP contribution >= 0.6 is 23.2 Å². The number of Topliss-reactive ketones (excluding diaryl/α,β-unsaturated/α-hetero) is 1. The number of anilines is 1. The fourth-order valence-corrected chi connectivity index (χ4v) is 5.34. The Balaban J connectivity index is 1.22. The Morgan fingerprint density at radius 1 is 1.12 bits per heavy atom. The number of aliphatic hydroxyl groups is 1. The summed E-state index contributed by atoms with van der Waals surface area (Å²) in [6, 6.07) is 11.2. The number of carbonyl (C=O) groups excluding carboxylic acids is 2. The van der Waals surface area contributed by atoms with Crippen molar-refractivity contribution in [1.82, 2.24) is 5.32 Å². The van der Waals surface area contributed by atoms with E-state index in [1.54, 1.807) is 17.0 Å². The first kappa shape index (κ1) is 23.8. The minimum atomic E-state index is -0.590. The molecule has 2 N–H and O–H groups in total. The van der Waals surface area contributed by atoms with Crippen LogP contribution in [0.25, 0.3) is 0 Å². The lowest BCUT2D eigenvalue weighted by atomic mass is 9.38. The Morgan fingerprint density at radius 2 is 1.82 bits per heavy atom. The van der Waals surface area contributed by atoms with E-state index in [4.69, 9.17) is 27.9 Å². The van der Waals surface area contributed by atoms with Gasteiger partial charge in [-0.1, -0.05) is 23.2 Å². The van der Waals surface area contributed by atoms with Gasteiger partial charge in [-0.05, 0) is 61.1 Å². The fourth-order valence-electron chi connectivity index (χ4n) is 5.10. The highest BCUT2D eigenvalue weighted by Crippen LogP contribution is 2.69. The second kappa shape index (κ2) is 9.49. The van der Waals surface area contributed by atoms with Crippen LogP contribution in [0.3, 0.4) is 0 Å². The Bertz CT molecular complexity index is 1030. The number of nitrogens with one attached hydrogen (secondary N) is 1. The summed E-state index contributed by atoms with van der Waals surface area (Å²) in [6.45, 7) is 0.260. The van der Waals surface area contributed by atoms with Crippen LogP contribution in [0, 0.1) is 11.2 Å². The maximum absolute atomic E-state index is 13.5. The highest BCUT2D eigenvalue weighted by Gasteiger charge is 2.68. The molecule has 3 aliphatic rings. The smallest absolute Gasteiger partial charge is 0.239 e. The van der Waals surface area contributed by atoms with Crippen LogP contribution in [-0.2, 0) is 9.59 Å². The van der Waals surface area contributed by atoms with Crippen LogP contribution < -0.4 is 15.0 Å². The number of halogens is 3. The molecule has 0 spiro atoms. The summed E-state index contributed by atoms with van der Waals surface area (Å²) in [4.78, 5) is 26.8. The molecular weight excluding hydrogens is 470 g/mol. The number of carbonyl (C=O) groups is 2. The first-order valence-electron chi connectivity index (χ1n) is 10.7. The van der Waals surface area contributed by atoms with Gasteiger partial charge in [0, 0.05) is 35.3 Å². The van der Waals surface area contributed by atoms with Crippen LogP contribution in [0.1, 0.15) is 25.7 Å². The molecule has 3 saturated carbocycles. The van der Waals surface area contributed by atoms with E-state index in [2.05, 4.69) is 5.32 Å². The maximum atomic E-state index is 13.5. The van der Waals surface area contributed by atoms with Crippen molar-refractivity contribution in [3.05, 3.63) is 58.3 Å². The molecule has 0 unspecified atom stereocenters. The van der Waals surface area contributed by atoms with Gasteiger partial charge in [0.25, 0.3) is 0 Å². The minimum absolute atomic E-state index is 0.00235. The van der Waals surface area contributed by atoms with Gasteiger partial charge in [0.15, 0.2) is 5.78 Å². The third-order valence-corrected chi connectivity index (χ3v) is 6.86. The van der Waals surface area contributed by atoms with Crippen LogP contribution in [0.2, 0.25) is 10.0 Å². The van der Waals surface area contributed by atoms with E-state index in [9.17, 15) is 19.1 Å². The third kappa shape index (κ3) is 5.42. The minimum Gasteiger partial charge on any atom is -0.486 e. The van der Waals surface area contributed by atoms with Gasteiger partial charge in [-0.25, -0.2) is 4.39 Å². The van der Waals surface area contributed by atoms with Crippen molar-refractivity contribution >= 4 is 40.6 Å². The SMILES string of the molecule is O=C(COc1ccc(Cl)c(F)c1)CC12CC(NC(=O)CN(CCO)c3ccc(Cl)cc3)(C1)C2. The van der Waals surface area contributed by atoms with E-state index in [-0.39, 0.29) is 53.2 Å². The molecule has 3 fully saturated rings. The topological polar surface area (TPSA) is 78.9 Å². The fraction of sp³-hybridized carbons (Fsp3) is 0.417. The van der Waals surface area contributed by atoms with E-state index < -0.39 is 5.82 Å². The van der Waals surface area contributed by atoms with E-state index in [1.165, 1.54) is 12.1 Å². The molecule has 5 rings (SSSR count). The van der Waals surface area contributed by atoms with Crippen LogP contribution in [0.5, 0.6) is 5.75 Å². The van der Waals surface area contributed by atoms with Crippen molar-refractivity contribution in [2.75, 3.05) is 31.2 Å². The van der Waals surface area contributed by atoms with Crippen molar-refractivity contribution in [1.29, 1.82) is 0 Å². The highest BCUT2D eigenvalue weighted by atomic mass is 35.5. The summed E-state index contributed by atoms with van der Waals surface area (Å²) in [7, 11) is 0. The molecule has 9 heteroatoms. The molecule has 2 aromatic rings. The maximum Gasteiger partial charge on any atom is 0.239 e. The molecule has 0 heterocycles. The molecule has 3 aliphatic carbocycles. The van der Waals surface area contributed by atoms with E-state index in [0.29, 0.717) is 18.0 Å². The summed E-state index contributed by atoms with van der Waals surface area (Å²) in [6.07, 6.45) is 2.65. The molecular formula is C24H25Cl2FN2O4. The number of hydrogen-bond acceptors (Lipinski definition) is 5. The Morgan fingerprint density at radius 3 is 2.45 bits per heavy atom. The normalized spacial score (nSPS) is 22.7. The Hall–Kier alpha value is -2.35. The predicted octanol–water partition coefficient (Wildman–Crippen LogP) is 4.01. The van der Waals surface area contributed by atoms with Crippen LogP contribution in [0.15, 0.2) is 42.5 Å². The zero-order valence-electron chi connectivity index (χ0n) is 18.0. The summed E-state index contributed by atoms with van der Waals surface area (Å²) in [5.74, 6) is -0.500. The van der Waals surface area contributed by atoms with Crippen molar-refractivity contribution in [3.8, 4) is 5.75 Å². The van der Waals surface area contributed by atoms with Gasteiger partial charge in [0.1, 0.15) is 18.2 Å². The van der Waals surface area contributed by atoms with Crippen molar-refractivity contribution in [3.63, 3.8) is 0 Å². The van der Waals surface area contributed by atoms with E-state index >= 15 is 0 Å². The molecule has 0 radical (unpaired) electrons. The number of ether oxygens (including phenoxy) is 1. The lowest BCUT2D eigenvalue weighted by molar-refractivity contribution is -0.172. The molecule has 1 amide bonds. The largest absolute Gasteiger partial charge is 0.486 e. The van der Waals surface area contributed by atoms with Gasteiger partial charge in [-0.3, -0.25) is 9.59 Å². The monoisotopic (exact) mass is 494 g/mol. The molecule has 0 atom stereocenters. The van der Waals surface area contributed by atoms with Gasteiger partial charge in [-0.2, -0.15) is 0 Å². The average Bonchev–Trinajstić information content (AvgIpc) is 2.72. The molecule has 2 aromatic carbocycles. The second-order valence-electron chi connectivity index (χ2n) is 9.06. The number of rotatable bonds is 11. The van der Waals surface area contributed by atoms with E-state index in [0.717, 1.165) is 31.0 Å². The number of amides is 1. The number of aliphatic hydroxyl groups excluding tert-OH is 1. The number of hydrogen-bond donors (Lipinski definition) is 2. The second-order valence-corrected chi connectivity index (χ2v) is 9.90. The predicted molar refractivity (Wildman–Crippen MR) is 124 cm³/mol. The standard InChI is InChI=1S/C24H25Cl2FN2O4/c25-16-1-3-17(4-2-16)29(7-8-30)11-22(32)28-24-13-23(14-24,15-24)10-18(31)12-33-19-5-6-20(26)21(27)9-19/h1-6,9,30H,7-8,10-15H2,(H,28,32). The molecule has 0 aliphatic heterocycles.